The summed E-state index contributed by atoms with van der Waals surface area (Å²) in [6.45, 7) is 1.20. The molecule has 0 saturated carbocycles. The van der Waals surface area contributed by atoms with Crippen LogP contribution in [0.1, 0.15) is 17.3 Å². The Balaban J connectivity index is 3.36. The van der Waals surface area contributed by atoms with Crippen LogP contribution in [0, 0.1) is 5.82 Å². The molecule has 0 spiro atoms. The minimum atomic E-state index is -1.16. The minimum Gasteiger partial charge on any atom is -0.505 e. The second-order valence-corrected chi connectivity index (χ2v) is 2.35. The Morgan fingerprint density at radius 2 is 2.00 bits per heavy atom. The number of benzene rings is 1. The highest BCUT2D eigenvalue weighted by Crippen LogP contribution is 2.28. The minimum absolute atomic E-state index is 0.134. The quantitative estimate of drug-likeness (QED) is 0.627. The maximum Gasteiger partial charge on any atom is 0.207 e. The SMILES string of the molecule is CC(=O)c1ccc(O)c(F)c1O. The first-order valence-electron chi connectivity index (χ1n) is 3.25. The number of carbonyl (C=O) groups is 1. The molecule has 0 atom stereocenters. The first kappa shape index (κ1) is 8.52. The Kier molecular flexibility index (Phi) is 1.99. The van der Waals surface area contributed by atoms with Crippen molar-refractivity contribution in [1.82, 2.24) is 0 Å². The van der Waals surface area contributed by atoms with Crippen LogP contribution >= 0.6 is 0 Å². The zero-order valence-electron chi connectivity index (χ0n) is 6.34. The van der Waals surface area contributed by atoms with Crippen LogP contribution in [0.25, 0.3) is 0 Å². The molecule has 1 aromatic rings. The van der Waals surface area contributed by atoms with Crippen LogP contribution in [-0.4, -0.2) is 16.0 Å². The number of rotatable bonds is 1. The second-order valence-electron chi connectivity index (χ2n) is 2.35. The number of hydrogen-bond acceptors (Lipinski definition) is 3. The van der Waals surface area contributed by atoms with E-state index in [0.717, 1.165) is 12.1 Å². The van der Waals surface area contributed by atoms with Gasteiger partial charge < -0.3 is 10.2 Å². The summed E-state index contributed by atoms with van der Waals surface area (Å²) in [4.78, 5) is 10.7. The Labute approximate surface area is 68.1 Å². The molecule has 1 rings (SSSR count). The van der Waals surface area contributed by atoms with E-state index in [1.807, 2.05) is 0 Å². The summed E-state index contributed by atoms with van der Waals surface area (Å²) in [6.07, 6.45) is 0. The molecule has 0 aliphatic heterocycles. The number of halogens is 1. The van der Waals surface area contributed by atoms with Crippen molar-refractivity contribution in [3.05, 3.63) is 23.5 Å². The van der Waals surface area contributed by atoms with Crippen LogP contribution in [0.5, 0.6) is 11.5 Å². The Morgan fingerprint density at radius 1 is 1.42 bits per heavy atom. The van der Waals surface area contributed by atoms with E-state index in [9.17, 15) is 9.18 Å². The van der Waals surface area contributed by atoms with Gasteiger partial charge in [-0.3, -0.25) is 4.79 Å². The molecular formula is C8H7FO3. The number of ketones is 1. The van der Waals surface area contributed by atoms with Gasteiger partial charge in [0.2, 0.25) is 5.82 Å². The molecule has 0 aliphatic rings. The van der Waals surface area contributed by atoms with E-state index in [1.54, 1.807) is 0 Å². The normalized spacial score (nSPS) is 9.83. The van der Waals surface area contributed by atoms with Crippen molar-refractivity contribution < 1.29 is 19.4 Å². The maximum atomic E-state index is 12.7. The van der Waals surface area contributed by atoms with Gasteiger partial charge in [-0.05, 0) is 19.1 Å². The standard InChI is InChI=1S/C8H7FO3/c1-4(10)5-2-3-6(11)7(9)8(5)12/h2-3,11-12H,1H3. The lowest BCUT2D eigenvalue weighted by Crippen LogP contribution is -1.94. The fraction of sp³-hybridized carbons (Fsp3) is 0.125. The van der Waals surface area contributed by atoms with E-state index in [-0.39, 0.29) is 5.56 Å². The summed E-state index contributed by atoms with van der Waals surface area (Å²) in [5.41, 5.74) is -0.134. The molecule has 1 aromatic carbocycles. The van der Waals surface area contributed by atoms with Gasteiger partial charge in [-0.25, -0.2) is 0 Å². The summed E-state index contributed by atoms with van der Waals surface area (Å²) in [5, 5.41) is 17.8. The van der Waals surface area contributed by atoms with Crippen LogP contribution in [-0.2, 0) is 0 Å². The van der Waals surface area contributed by atoms with Crippen LogP contribution < -0.4 is 0 Å². The summed E-state index contributed by atoms with van der Waals surface area (Å²) < 4.78 is 12.7. The van der Waals surface area contributed by atoms with Crippen molar-refractivity contribution in [2.75, 3.05) is 0 Å². The van der Waals surface area contributed by atoms with Gasteiger partial charge in [-0.15, -0.1) is 0 Å². The van der Waals surface area contributed by atoms with Gasteiger partial charge in [0.15, 0.2) is 17.3 Å². The number of carbonyl (C=O) groups excluding carboxylic acids is 1. The number of hydrogen-bond donors (Lipinski definition) is 2. The number of phenolic OH excluding ortho intramolecular Hbond substituents is 2. The van der Waals surface area contributed by atoms with E-state index in [0.29, 0.717) is 0 Å². The molecule has 3 nitrogen and oxygen atoms in total. The van der Waals surface area contributed by atoms with Gasteiger partial charge in [-0.1, -0.05) is 0 Å². The average molecular weight is 170 g/mol. The first-order chi connectivity index (χ1) is 5.54. The molecule has 12 heavy (non-hydrogen) atoms. The third-order valence-electron chi connectivity index (χ3n) is 1.48. The zero-order valence-corrected chi connectivity index (χ0v) is 6.34. The molecule has 0 aliphatic carbocycles. The highest BCUT2D eigenvalue weighted by atomic mass is 19.1. The van der Waals surface area contributed by atoms with Gasteiger partial charge in [-0.2, -0.15) is 4.39 Å². The molecule has 4 heteroatoms. The third kappa shape index (κ3) is 1.23. The van der Waals surface area contributed by atoms with Crippen LogP contribution in [0.15, 0.2) is 12.1 Å². The van der Waals surface area contributed by atoms with Crippen molar-refractivity contribution in [2.45, 2.75) is 6.92 Å². The van der Waals surface area contributed by atoms with E-state index in [1.165, 1.54) is 6.92 Å². The maximum absolute atomic E-state index is 12.7. The molecule has 0 saturated heterocycles. The van der Waals surface area contributed by atoms with Crippen LogP contribution in [0.3, 0.4) is 0 Å². The van der Waals surface area contributed by atoms with E-state index < -0.39 is 23.1 Å². The predicted molar refractivity (Wildman–Crippen MR) is 39.7 cm³/mol. The molecule has 0 fully saturated rings. The highest BCUT2D eigenvalue weighted by Gasteiger charge is 2.13. The predicted octanol–water partition coefficient (Wildman–Crippen LogP) is 1.44. The topological polar surface area (TPSA) is 57.5 Å². The van der Waals surface area contributed by atoms with E-state index >= 15 is 0 Å². The first-order valence-corrected chi connectivity index (χ1v) is 3.25. The van der Waals surface area contributed by atoms with Crippen LogP contribution in [0.2, 0.25) is 0 Å². The highest BCUT2D eigenvalue weighted by molar-refractivity contribution is 5.96. The lowest BCUT2D eigenvalue weighted by atomic mass is 10.1. The van der Waals surface area contributed by atoms with Crippen LogP contribution in [0.4, 0.5) is 4.39 Å². The zero-order chi connectivity index (χ0) is 9.30. The van der Waals surface area contributed by atoms with Crippen molar-refractivity contribution in [2.24, 2.45) is 0 Å². The number of aromatic hydroxyl groups is 2. The Bertz CT molecular complexity index is 333. The average Bonchev–Trinajstić information content (AvgIpc) is 2.00. The van der Waals surface area contributed by atoms with Crippen molar-refractivity contribution in [3.63, 3.8) is 0 Å². The molecule has 0 amide bonds. The Hall–Kier alpha value is -1.58. The van der Waals surface area contributed by atoms with Gasteiger partial charge in [0.1, 0.15) is 0 Å². The van der Waals surface area contributed by atoms with Gasteiger partial charge in [0.05, 0.1) is 5.56 Å². The second kappa shape index (κ2) is 2.81. The Morgan fingerprint density at radius 3 is 2.50 bits per heavy atom. The molecule has 0 aromatic heterocycles. The molecular weight excluding hydrogens is 163 g/mol. The molecule has 0 bridgehead atoms. The number of Topliss-reactive ketones (excluding diaryl/α,β-unsaturated/α-hetero) is 1. The van der Waals surface area contributed by atoms with Gasteiger partial charge in [0, 0.05) is 0 Å². The lowest BCUT2D eigenvalue weighted by molar-refractivity contribution is 0.101. The van der Waals surface area contributed by atoms with Gasteiger partial charge in [0.25, 0.3) is 0 Å². The summed E-state index contributed by atoms with van der Waals surface area (Å²) in [5.74, 6) is -3.09. The molecule has 2 N–H and O–H groups in total. The summed E-state index contributed by atoms with van der Waals surface area (Å²) >= 11 is 0. The summed E-state index contributed by atoms with van der Waals surface area (Å²) in [7, 11) is 0. The molecule has 0 heterocycles. The largest absolute Gasteiger partial charge is 0.505 e. The smallest absolute Gasteiger partial charge is 0.207 e. The fourth-order valence-corrected chi connectivity index (χ4v) is 0.838. The number of phenols is 2. The van der Waals surface area contributed by atoms with E-state index in [2.05, 4.69) is 0 Å². The van der Waals surface area contributed by atoms with E-state index in [4.69, 9.17) is 10.2 Å². The van der Waals surface area contributed by atoms with Gasteiger partial charge >= 0.3 is 0 Å². The monoisotopic (exact) mass is 170 g/mol. The van der Waals surface area contributed by atoms with Crippen molar-refractivity contribution in [1.29, 1.82) is 0 Å². The third-order valence-corrected chi connectivity index (χ3v) is 1.48. The van der Waals surface area contributed by atoms with Crippen molar-refractivity contribution >= 4 is 5.78 Å². The molecule has 0 radical (unpaired) electrons. The fourth-order valence-electron chi connectivity index (χ4n) is 0.838. The molecule has 64 valence electrons. The van der Waals surface area contributed by atoms with Crippen molar-refractivity contribution in [3.8, 4) is 11.5 Å². The summed E-state index contributed by atoms with van der Waals surface area (Å²) in [6, 6.07) is 2.18. The molecule has 0 unspecified atom stereocenters. The lowest BCUT2D eigenvalue weighted by Gasteiger charge is -2.02.